The van der Waals surface area contributed by atoms with E-state index in [0.717, 1.165) is 38.3 Å². The topological polar surface area (TPSA) is 38.1 Å². The number of benzene rings is 1. The lowest BCUT2D eigenvalue weighted by molar-refractivity contribution is -0.131. The molecule has 1 fully saturated rings. The lowest BCUT2D eigenvalue weighted by atomic mass is 10.0. The van der Waals surface area contributed by atoms with E-state index in [2.05, 4.69) is 54.6 Å². The zero-order chi connectivity index (χ0) is 17.8. The molecule has 0 saturated carbocycles. The second-order valence-corrected chi connectivity index (χ2v) is 7.68. The number of amides is 1. The van der Waals surface area contributed by atoms with Crippen molar-refractivity contribution in [2.45, 2.75) is 46.6 Å². The maximum absolute atomic E-state index is 12.3. The highest BCUT2D eigenvalue weighted by Gasteiger charge is 2.27. The van der Waals surface area contributed by atoms with E-state index in [1.54, 1.807) is 0 Å². The number of imidazole rings is 1. The van der Waals surface area contributed by atoms with E-state index in [0.29, 0.717) is 24.2 Å². The Morgan fingerprint density at radius 3 is 2.76 bits per heavy atom. The first kappa shape index (κ1) is 17.7. The number of aryl methyl sites for hydroxylation is 1. The van der Waals surface area contributed by atoms with Crippen LogP contribution in [-0.4, -0.2) is 33.4 Å². The number of hydrogen-bond acceptors (Lipinski definition) is 2. The molecule has 1 aliphatic heterocycles. The van der Waals surface area contributed by atoms with Crippen molar-refractivity contribution in [1.29, 1.82) is 0 Å². The minimum absolute atomic E-state index is 0.307. The Kier molecular flexibility index (Phi) is 5.57. The highest BCUT2D eigenvalue weighted by Crippen LogP contribution is 2.23. The van der Waals surface area contributed by atoms with E-state index in [1.165, 1.54) is 11.3 Å². The number of nitrogens with zero attached hydrogens (tertiary/aromatic N) is 3. The fourth-order valence-corrected chi connectivity index (χ4v) is 3.62. The Hall–Kier alpha value is -2.10. The molecule has 1 atom stereocenters. The molecule has 0 N–H and O–H groups in total. The molecule has 3 rings (SSSR count). The van der Waals surface area contributed by atoms with E-state index < -0.39 is 0 Å². The summed E-state index contributed by atoms with van der Waals surface area (Å²) in [6.45, 7) is 8.97. The first-order valence-electron chi connectivity index (χ1n) is 9.35. The van der Waals surface area contributed by atoms with Crippen LogP contribution < -0.4 is 0 Å². The molecular formula is C21H29N3O. The van der Waals surface area contributed by atoms with Gasteiger partial charge in [-0.15, -0.1) is 0 Å². The summed E-state index contributed by atoms with van der Waals surface area (Å²) >= 11 is 0. The molecule has 0 radical (unpaired) electrons. The second-order valence-electron chi connectivity index (χ2n) is 7.68. The molecule has 2 aromatic rings. The Labute approximate surface area is 150 Å². The SMILES string of the molecule is Cc1cnc(CC2CCN(C(=O)CC(C)C)C2)n1Cc1ccccc1. The van der Waals surface area contributed by atoms with Crippen LogP contribution in [-0.2, 0) is 17.8 Å². The number of likely N-dealkylation sites (tertiary alicyclic amines) is 1. The number of hydrogen-bond donors (Lipinski definition) is 0. The smallest absolute Gasteiger partial charge is 0.222 e. The van der Waals surface area contributed by atoms with Gasteiger partial charge in [0.15, 0.2) is 0 Å². The maximum Gasteiger partial charge on any atom is 0.222 e. The minimum atomic E-state index is 0.307. The van der Waals surface area contributed by atoms with Gasteiger partial charge in [0, 0.05) is 44.4 Å². The van der Waals surface area contributed by atoms with Crippen molar-refractivity contribution < 1.29 is 4.79 Å². The largest absolute Gasteiger partial charge is 0.342 e. The van der Waals surface area contributed by atoms with Gasteiger partial charge in [-0.25, -0.2) is 4.98 Å². The second kappa shape index (κ2) is 7.85. The summed E-state index contributed by atoms with van der Waals surface area (Å²) in [6, 6.07) is 10.5. The van der Waals surface area contributed by atoms with Crippen LogP contribution in [0.5, 0.6) is 0 Å². The summed E-state index contributed by atoms with van der Waals surface area (Å²) in [6.07, 6.45) is 4.66. The Morgan fingerprint density at radius 1 is 1.28 bits per heavy atom. The van der Waals surface area contributed by atoms with E-state index in [4.69, 9.17) is 0 Å². The average molecular weight is 339 g/mol. The monoisotopic (exact) mass is 339 g/mol. The van der Waals surface area contributed by atoms with Gasteiger partial charge in [0.1, 0.15) is 5.82 Å². The van der Waals surface area contributed by atoms with Crippen molar-refractivity contribution in [3.8, 4) is 0 Å². The molecule has 25 heavy (non-hydrogen) atoms. The molecule has 1 aromatic heterocycles. The average Bonchev–Trinajstić information content (AvgIpc) is 3.17. The van der Waals surface area contributed by atoms with Gasteiger partial charge in [-0.3, -0.25) is 4.79 Å². The highest BCUT2D eigenvalue weighted by atomic mass is 16.2. The van der Waals surface area contributed by atoms with Crippen molar-refractivity contribution in [1.82, 2.24) is 14.5 Å². The first-order valence-corrected chi connectivity index (χ1v) is 9.35. The molecule has 0 aliphatic carbocycles. The molecule has 4 nitrogen and oxygen atoms in total. The fraction of sp³-hybridized carbons (Fsp3) is 0.524. The van der Waals surface area contributed by atoms with Gasteiger partial charge < -0.3 is 9.47 Å². The molecule has 0 bridgehead atoms. The van der Waals surface area contributed by atoms with Gasteiger partial charge in [0.25, 0.3) is 0 Å². The van der Waals surface area contributed by atoms with Gasteiger partial charge in [-0.2, -0.15) is 0 Å². The zero-order valence-corrected chi connectivity index (χ0v) is 15.6. The van der Waals surface area contributed by atoms with E-state index in [1.807, 2.05) is 17.2 Å². The van der Waals surface area contributed by atoms with Gasteiger partial charge in [-0.05, 0) is 30.7 Å². The van der Waals surface area contributed by atoms with Crippen molar-refractivity contribution in [3.05, 3.63) is 53.6 Å². The molecule has 1 amide bonds. The van der Waals surface area contributed by atoms with Gasteiger partial charge >= 0.3 is 0 Å². The molecule has 1 unspecified atom stereocenters. The summed E-state index contributed by atoms with van der Waals surface area (Å²) in [4.78, 5) is 19.0. The normalized spacial score (nSPS) is 17.4. The van der Waals surface area contributed by atoms with E-state index in [-0.39, 0.29) is 0 Å². The summed E-state index contributed by atoms with van der Waals surface area (Å²) in [5.41, 5.74) is 2.49. The van der Waals surface area contributed by atoms with E-state index >= 15 is 0 Å². The molecule has 0 spiro atoms. The van der Waals surface area contributed by atoms with Crippen LogP contribution in [0.2, 0.25) is 0 Å². The maximum atomic E-state index is 12.3. The molecular weight excluding hydrogens is 310 g/mol. The summed E-state index contributed by atoms with van der Waals surface area (Å²) in [5.74, 6) is 2.40. The quantitative estimate of drug-likeness (QED) is 0.805. The molecule has 134 valence electrons. The predicted octanol–water partition coefficient (Wildman–Crippen LogP) is 3.68. The van der Waals surface area contributed by atoms with Crippen LogP contribution in [0.25, 0.3) is 0 Å². The molecule has 1 aliphatic rings. The summed E-state index contributed by atoms with van der Waals surface area (Å²) in [7, 11) is 0. The van der Waals surface area contributed by atoms with E-state index in [9.17, 15) is 4.79 Å². The Balaban J connectivity index is 1.63. The summed E-state index contributed by atoms with van der Waals surface area (Å²) < 4.78 is 2.31. The van der Waals surface area contributed by atoms with Gasteiger partial charge in [0.2, 0.25) is 5.91 Å². The van der Waals surface area contributed by atoms with Crippen molar-refractivity contribution in [2.24, 2.45) is 11.8 Å². The number of carbonyl (C=O) groups excluding carboxylic acids is 1. The fourth-order valence-electron chi connectivity index (χ4n) is 3.62. The number of carbonyl (C=O) groups is 1. The lowest BCUT2D eigenvalue weighted by Gasteiger charge is -2.18. The van der Waals surface area contributed by atoms with Crippen molar-refractivity contribution in [2.75, 3.05) is 13.1 Å². The zero-order valence-electron chi connectivity index (χ0n) is 15.6. The van der Waals surface area contributed by atoms with Crippen LogP contribution in [0.4, 0.5) is 0 Å². The van der Waals surface area contributed by atoms with Crippen molar-refractivity contribution >= 4 is 5.91 Å². The highest BCUT2D eigenvalue weighted by molar-refractivity contribution is 5.76. The van der Waals surface area contributed by atoms with Crippen LogP contribution in [0.3, 0.4) is 0 Å². The summed E-state index contributed by atoms with van der Waals surface area (Å²) in [5, 5.41) is 0. The minimum Gasteiger partial charge on any atom is -0.342 e. The van der Waals surface area contributed by atoms with Gasteiger partial charge in [0.05, 0.1) is 0 Å². The van der Waals surface area contributed by atoms with Crippen LogP contribution in [0.1, 0.15) is 43.8 Å². The van der Waals surface area contributed by atoms with Crippen LogP contribution in [0, 0.1) is 18.8 Å². The molecule has 2 heterocycles. The molecule has 4 heteroatoms. The Morgan fingerprint density at radius 2 is 2.04 bits per heavy atom. The Bertz CT molecular complexity index is 705. The number of rotatable bonds is 6. The standard InChI is InChI=1S/C21H29N3O/c1-16(2)11-21(25)23-10-9-19(14-23)12-20-22-13-17(3)24(20)15-18-7-5-4-6-8-18/h4-8,13,16,19H,9-12,14-15H2,1-3H3. The third-order valence-electron chi connectivity index (χ3n) is 5.01. The van der Waals surface area contributed by atoms with Crippen LogP contribution in [0.15, 0.2) is 36.5 Å². The van der Waals surface area contributed by atoms with Crippen molar-refractivity contribution in [3.63, 3.8) is 0 Å². The van der Waals surface area contributed by atoms with Gasteiger partial charge in [-0.1, -0.05) is 44.2 Å². The van der Waals surface area contributed by atoms with Crippen LogP contribution >= 0.6 is 0 Å². The third kappa shape index (κ3) is 4.50. The lowest BCUT2D eigenvalue weighted by Crippen LogP contribution is -2.29. The first-order chi connectivity index (χ1) is 12.0. The third-order valence-corrected chi connectivity index (χ3v) is 5.01. The number of aromatic nitrogens is 2. The molecule has 1 saturated heterocycles. The molecule has 1 aromatic carbocycles. The predicted molar refractivity (Wildman–Crippen MR) is 100 cm³/mol.